The van der Waals surface area contributed by atoms with Crippen molar-refractivity contribution in [3.63, 3.8) is 0 Å². The fourth-order valence-electron chi connectivity index (χ4n) is 1.49. The number of imide groups is 2. The predicted molar refractivity (Wildman–Crippen MR) is 45.5 cm³/mol. The molecule has 8 heteroatoms. The molecular formula is C7H8N4O4. The average molecular weight is 212 g/mol. The molecule has 2 rings (SSSR count). The van der Waals surface area contributed by atoms with Crippen LogP contribution in [0, 0.1) is 0 Å². The summed E-state index contributed by atoms with van der Waals surface area (Å²) in [5, 5.41) is 8.74. The van der Waals surface area contributed by atoms with E-state index in [2.05, 4.69) is 10.6 Å². The first-order valence-corrected chi connectivity index (χ1v) is 4.29. The maximum atomic E-state index is 11.1. The number of hydrogen-bond acceptors (Lipinski definition) is 4. The smallest absolute Gasteiger partial charge is 0.322 e. The third kappa shape index (κ3) is 1.73. The van der Waals surface area contributed by atoms with Gasteiger partial charge < -0.3 is 10.6 Å². The zero-order valence-corrected chi connectivity index (χ0v) is 7.49. The molecule has 0 aliphatic carbocycles. The highest BCUT2D eigenvalue weighted by Crippen LogP contribution is 2.06. The summed E-state index contributed by atoms with van der Waals surface area (Å²) in [5.74, 6) is -0.983. The van der Waals surface area contributed by atoms with E-state index >= 15 is 0 Å². The lowest BCUT2D eigenvalue weighted by Crippen LogP contribution is -2.39. The number of urea groups is 2. The Morgan fingerprint density at radius 3 is 1.47 bits per heavy atom. The van der Waals surface area contributed by atoms with Gasteiger partial charge in [0.25, 0.3) is 11.8 Å². The van der Waals surface area contributed by atoms with Crippen molar-refractivity contribution in [2.45, 2.75) is 18.5 Å². The molecule has 2 fully saturated rings. The van der Waals surface area contributed by atoms with Crippen molar-refractivity contribution in [3.8, 4) is 0 Å². The van der Waals surface area contributed by atoms with Crippen LogP contribution in [0.5, 0.6) is 0 Å². The summed E-state index contributed by atoms with van der Waals surface area (Å²) in [6.07, 6.45) is 0.0507. The van der Waals surface area contributed by atoms with E-state index in [0.717, 1.165) is 0 Å². The third-order valence-corrected chi connectivity index (χ3v) is 2.19. The molecule has 0 radical (unpaired) electrons. The van der Waals surface area contributed by atoms with E-state index in [9.17, 15) is 19.2 Å². The van der Waals surface area contributed by atoms with Gasteiger partial charge in [0.2, 0.25) is 0 Å². The predicted octanol–water partition coefficient (Wildman–Crippen LogP) is -2.21. The van der Waals surface area contributed by atoms with Crippen molar-refractivity contribution in [2.24, 2.45) is 0 Å². The summed E-state index contributed by atoms with van der Waals surface area (Å²) in [6.45, 7) is 0. The molecule has 0 bridgehead atoms. The number of hydrogen-bond donors (Lipinski definition) is 4. The second kappa shape index (κ2) is 3.23. The van der Waals surface area contributed by atoms with Crippen molar-refractivity contribution in [3.05, 3.63) is 0 Å². The molecule has 0 aromatic carbocycles. The molecule has 0 aromatic heterocycles. The summed E-state index contributed by atoms with van der Waals surface area (Å²) in [5.41, 5.74) is 0. The number of carbonyl (C=O) groups is 4. The van der Waals surface area contributed by atoms with Crippen LogP contribution in [0.2, 0.25) is 0 Å². The average Bonchev–Trinajstić information content (AvgIpc) is 2.58. The highest BCUT2D eigenvalue weighted by molar-refractivity contribution is 6.06. The second-order valence-corrected chi connectivity index (χ2v) is 3.27. The fraction of sp³-hybridized carbons (Fsp3) is 0.429. The van der Waals surface area contributed by atoms with E-state index in [0.29, 0.717) is 0 Å². The number of nitrogens with one attached hydrogen (secondary N) is 4. The van der Waals surface area contributed by atoms with Crippen LogP contribution in [0.15, 0.2) is 0 Å². The maximum Gasteiger partial charge on any atom is 0.322 e. The van der Waals surface area contributed by atoms with Crippen LogP contribution in [0.4, 0.5) is 9.59 Å². The van der Waals surface area contributed by atoms with E-state index in [1.807, 2.05) is 10.6 Å². The lowest BCUT2D eigenvalue weighted by molar-refractivity contribution is -0.121. The van der Waals surface area contributed by atoms with Gasteiger partial charge in [-0.25, -0.2) is 9.59 Å². The standard InChI is InChI=1S/C7H8N4O4/c12-4-2(8-6(14)10-4)1-3-5(13)11-7(15)9-3/h2-3H,1H2,(H2,8,10,12,14)(H2,9,11,13,15). The van der Waals surface area contributed by atoms with Crippen LogP contribution >= 0.6 is 0 Å². The van der Waals surface area contributed by atoms with Crippen LogP contribution in [-0.4, -0.2) is 36.0 Å². The van der Waals surface area contributed by atoms with Crippen molar-refractivity contribution in [2.75, 3.05) is 0 Å². The Hall–Kier alpha value is -2.12. The molecule has 8 nitrogen and oxygen atoms in total. The van der Waals surface area contributed by atoms with Crippen molar-refractivity contribution in [1.82, 2.24) is 21.3 Å². The summed E-state index contributed by atoms with van der Waals surface area (Å²) in [6, 6.07) is -2.72. The highest BCUT2D eigenvalue weighted by atomic mass is 16.2. The van der Waals surface area contributed by atoms with E-state index in [1.54, 1.807) is 0 Å². The quantitative estimate of drug-likeness (QED) is 0.388. The normalized spacial score (nSPS) is 29.6. The molecule has 80 valence electrons. The van der Waals surface area contributed by atoms with Crippen molar-refractivity contribution >= 4 is 23.9 Å². The lowest BCUT2D eigenvalue weighted by atomic mass is 10.1. The molecule has 2 unspecified atom stereocenters. The summed E-state index contributed by atoms with van der Waals surface area (Å²) < 4.78 is 0. The number of amides is 6. The Morgan fingerprint density at radius 2 is 1.20 bits per heavy atom. The van der Waals surface area contributed by atoms with Crippen LogP contribution in [0.25, 0.3) is 0 Å². The van der Waals surface area contributed by atoms with Gasteiger partial charge in [-0.2, -0.15) is 0 Å². The molecule has 2 aliphatic heterocycles. The topological polar surface area (TPSA) is 116 Å². The number of carbonyl (C=O) groups excluding carboxylic acids is 4. The molecule has 0 spiro atoms. The second-order valence-electron chi connectivity index (χ2n) is 3.27. The van der Waals surface area contributed by atoms with E-state index in [4.69, 9.17) is 0 Å². The minimum Gasteiger partial charge on any atom is -0.326 e. The zero-order valence-electron chi connectivity index (χ0n) is 7.49. The Balaban J connectivity index is 1.98. The third-order valence-electron chi connectivity index (χ3n) is 2.19. The lowest BCUT2D eigenvalue weighted by Gasteiger charge is -2.10. The molecule has 2 atom stereocenters. The minimum absolute atomic E-state index is 0.0507. The Labute approximate surface area is 83.8 Å². The molecule has 6 amide bonds. The van der Waals surface area contributed by atoms with Crippen LogP contribution in [0.3, 0.4) is 0 Å². The first-order valence-electron chi connectivity index (χ1n) is 4.29. The van der Waals surface area contributed by atoms with Crippen LogP contribution in [0.1, 0.15) is 6.42 Å². The molecule has 2 heterocycles. The zero-order chi connectivity index (χ0) is 11.0. The molecule has 0 saturated carbocycles. The Kier molecular flexibility index (Phi) is 2.03. The van der Waals surface area contributed by atoms with Gasteiger partial charge in [0, 0.05) is 6.42 Å². The maximum absolute atomic E-state index is 11.1. The van der Waals surface area contributed by atoms with E-state index in [1.165, 1.54) is 0 Å². The van der Waals surface area contributed by atoms with Gasteiger partial charge in [0.05, 0.1) is 0 Å². The Bertz CT molecular complexity index is 332. The first kappa shape index (κ1) is 9.44. The summed E-state index contributed by atoms with van der Waals surface area (Å²) in [7, 11) is 0. The van der Waals surface area contributed by atoms with Gasteiger partial charge >= 0.3 is 12.1 Å². The SMILES string of the molecule is O=C1NC(=O)C(CC2NC(=O)NC2=O)N1. The van der Waals surface area contributed by atoms with Gasteiger partial charge in [-0.1, -0.05) is 0 Å². The van der Waals surface area contributed by atoms with E-state index in [-0.39, 0.29) is 6.42 Å². The van der Waals surface area contributed by atoms with Gasteiger partial charge in [-0.15, -0.1) is 0 Å². The summed E-state index contributed by atoms with van der Waals surface area (Å²) in [4.78, 5) is 43.7. The van der Waals surface area contributed by atoms with Crippen molar-refractivity contribution in [1.29, 1.82) is 0 Å². The van der Waals surface area contributed by atoms with Gasteiger partial charge in [0.1, 0.15) is 12.1 Å². The molecule has 0 aromatic rings. The largest absolute Gasteiger partial charge is 0.326 e. The molecular weight excluding hydrogens is 204 g/mol. The minimum atomic E-state index is -0.772. The Morgan fingerprint density at radius 1 is 0.800 bits per heavy atom. The molecule has 2 saturated heterocycles. The van der Waals surface area contributed by atoms with Crippen molar-refractivity contribution < 1.29 is 19.2 Å². The van der Waals surface area contributed by atoms with Crippen LogP contribution in [-0.2, 0) is 9.59 Å². The highest BCUT2D eigenvalue weighted by Gasteiger charge is 2.37. The molecule has 15 heavy (non-hydrogen) atoms. The molecule has 2 aliphatic rings. The monoisotopic (exact) mass is 212 g/mol. The van der Waals surface area contributed by atoms with Gasteiger partial charge in [-0.05, 0) is 0 Å². The number of rotatable bonds is 2. The van der Waals surface area contributed by atoms with E-state index < -0.39 is 36.0 Å². The molecule has 4 N–H and O–H groups in total. The van der Waals surface area contributed by atoms with Gasteiger partial charge in [0.15, 0.2) is 0 Å². The fourth-order valence-corrected chi connectivity index (χ4v) is 1.49. The van der Waals surface area contributed by atoms with Crippen LogP contribution < -0.4 is 21.3 Å². The van der Waals surface area contributed by atoms with Gasteiger partial charge in [-0.3, -0.25) is 20.2 Å². The summed E-state index contributed by atoms with van der Waals surface area (Å²) >= 11 is 0. The first-order chi connectivity index (χ1) is 7.06.